The molecule has 1 unspecified atom stereocenters. The van der Waals surface area contributed by atoms with Crippen LogP contribution in [-0.2, 0) is 13.1 Å². The van der Waals surface area contributed by atoms with Crippen molar-refractivity contribution >= 4 is 0 Å². The lowest BCUT2D eigenvalue weighted by Gasteiger charge is -2.29. The number of imidazole rings is 1. The van der Waals surface area contributed by atoms with Gasteiger partial charge in [-0.1, -0.05) is 13.8 Å². The fourth-order valence-corrected chi connectivity index (χ4v) is 1.88. The van der Waals surface area contributed by atoms with Crippen molar-refractivity contribution in [2.75, 3.05) is 6.61 Å². The number of hydrogen-bond donors (Lipinski definition) is 2. The monoisotopic (exact) mass is 239 g/mol. The van der Waals surface area contributed by atoms with E-state index in [1.54, 1.807) is 0 Å². The zero-order valence-electron chi connectivity index (χ0n) is 11.2. The number of hydrogen-bond acceptors (Lipinski definition) is 3. The van der Waals surface area contributed by atoms with E-state index in [0.717, 1.165) is 38.2 Å². The van der Waals surface area contributed by atoms with Crippen LogP contribution in [0.25, 0.3) is 0 Å². The molecule has 1 heterocycles. The lowest BCUT2D eigenvalue weighted by atomic mass is 9.95. The Morgan fingerprint density at radius 2 is 2.24 bits per heavy atom. The minimum absolute atomic E-state index is 0.00224. The molecular weight excluding hydrogens is 214 g/mol. The molecule has 0 amide bonds. The summed E-state index contributed by atoms with van der Waals surface area (Å²) in [5, 5.41) is 12.6. The molecule has 0 fully saturated rings. The highest BCUT2D eigenvalue weighted by Gasteiger charge is 2.20. The lowest BCUT2D eigenvalue weighted by Crippen LogP contribution is -2.42. The molecule has 0 radical (unpaired) electrons. The van der Waals surface area contributed by atoms with E-state index in [1.807, 2.05) is 12.4 Å². The molecule has 4 nitrogen and oxygen atoms in total. The first-order chi connectivity index (χ1) is 8.15. The second-order valence-electron chi connectivity index (χ2n) is 4.78. The van der Waals surface area contributed by atoms with E-state index in [-0.39, 0.29) is 12.1 Å². The average molecular weight is 239 g/mol. The molecule has 2 N–H and O–H groups in total. The Kier molecular flexibility index (Phi) is 5.65. The van der Waals surface area contributed by atoms with E-state index >= 15 is 0 Å². The summed E-state index contributed by atoms with van der Waals surface area (Å²) >= 11 is 0. The number of rotatable bonds is 8. The summed E-state index contributed by atoms with van der Waals surface area (Å²) < 4.78 is 2.18. The minimum Gasteiger partial charge on any atom is -0.396 e. The summed E-state index contributed by atoms with van der Waals surface area (Å²) in [4.78, 5) is 4.37. The molecule has 0 aromatic carbocycles. The summed E-state index contributed by atoms with van der Waals surface area (Å²) in [5.74, 6) is 1.07. The molecule has 17 heavy (non-hydrogen) atoms. The van der Waals surface area contributed by atoms with Crippen LogP contribution in [0, 0.1) is 0 Å². The Morgan fingerprint density at radius 1 is 1.47 bits per heavy atom. The predicted octanol–water partition coefficient (Wildman–Crippen LogP) is 1.93. The SMILES string of the molecule is CCCn1ccnc1CNC(C)(CC)CCO. The van der Waals surface area contributed by atoms with Crippen LogP contribution in [0.3, 0.4) is 0 Å². The smallest absolute Gasteiger partial charge is 0.122 e. The summed E-state index contributed by atoms with van der Waals surface area (Å²) in [7, 11) is 0. The van der Waals surface area contributed by atoms with Crippen molar-refractivity contribution < 1.29 is 5.11 Å². The minimum atomic E-state index is -0.00224. The van der Waals surface area contributed by atoms with E-state index in [4.69, 9.17) is 5.11 Å². The summed E-state index contributed by atoms with van der Waals surface area (Å²) in [6, 6.07) is 0. The molecule has 0 saturated carbocycles. The standard InChI is InChI=1S/C13H25N3O/c1-4-8-16-9-7-14-12(16)11-15-13(3,5-2)6-10-17/h7,9,15,17H,4-6,8,10-11H2,1-3H3. The van der Waals surface area contributed by atoms with Crippen molar-refractivity contribution in [3.05, 3.63) is 18.2 Å². The summed E-state index contributed by atoms with van der Waals surface area (Å²) in [6.45, 7) is 8.45. The molecule has 1 aromatic heterocycles. The van der Waals surface area contributed by atoms with Crippen LogP contribution in [-0.4, -0.2) is 26.8 Å². The van der Waals surface area contributed by atoms with Crippen molar-refractivity contribution in [2.45, 2.75) is 58.7 Å². The second-order valence-corrected chi connectivity index (χ2v) is 4.78. The van der Waals surface area contributed by atoms with Gasteiger partial charge < -0.3 is 15.0 Å². The molecule has 0 saturated heterocycles. The number of aliphatic hydroxyl groups is 1. The van der Waals surface area contributed by atoms with E-state index < -0.39 is 0 Å². The number of nitrogens with one attached hydrogen (secondary N) is 1. The quantitative estimate of drug-likeness (QED) is 0.729. The van der Waals surface area contributed by atoms with Gasteiger partial charge in [0.25, 0.3) is 0 Å². The maximum Gasteiger partial charge on any atom is 0.122 e. The van der Waals surface area contributed by atoms with Crippen LogP contribution in [0.4, 0.5) is 0 Å². The third kappa shape index (κ3) is 4.13. The van der Waals surface area contributed by atoms with Gasteiger partial charge in [0, 0.05) is 31.1 Å². The first kappa shape index (κ1) is 14.2. The highest BCUT2D eigenvalue weighted by atomic mass is 16.3. The van der Waals surface area contributed by atoms with Crippen LogP contribution in [0.15, 0.2) is 12.4 Å². The molecule has 1 atom stereocenters. The maximum absolute atomic E-state index is 9.07. The van der Waals surface area contributed by atoms with Gasteiger partial charge in [-0.15, -0.1) is 0 Å². The van der Waals surface area contributed by atoms with Gasteiger partial charge in [0.1, 0.15) is 5.82 Å². The Hall–Kier alpha value is -0.870. The van der Waals surface area contributed by atoms with E-state index in [2.05, 4.69) is 35.6 Å². The normalized spacial score (nSPS) is 14.8. The van der Waals surface area contributed by atoms with Gasteiger partial charge in [-0.25, -0.2) is 4.98 Å². The van der Waals surface area contributed by atoms with Crippen molar-refractivity contribution in [2.24, 2.45) is 0 Å². The Morgan fingerprint density at radius 3 is 2.82 bits per heavy atom. The van der Waals surface area contributed by atoms with Crippen molar-refractivity contribution in [1.82, 2.24) is 14.9 Å². The van der Waals surface area contributed by atoms with E-state index in [1.165, 1.54) is 0 Å². The molecule has 0 aliphatic heterocycles. The average Bonchev–Trinajstić information content (AvgIpc) is 2.75. The summed E-state index contributed by atoms with van der Waals surface area (Å²) in [5.41, 5.74) is -0.00224. The number of nitrogens with zero attached hydrogens (tertiary/aromatic N) is 2. The number of aromatic nitrogens is 2. The largest absolute Gasteiger partial charge is 0.396 e. The third-order valence-electron chi connectivity index (χ3n) is 3.38. The molecule has 1 rings (SSSR count). The molecule has 0 spiro atoms. The fraction of sp³-hybridized carbons (Fsp3) is 0.769. The fourth-order valence-electron chi connectivity index (χ4n) is 1.88. The predicted molar refractivity (Wildman–Crippen MR) is 69.8 cm³/mol. The topological polar surface area (TPSA) is 50.1 Å². The van der Waals surface area contributed by atoms with Gasteiger partial charge >= 0.3 is 0 Å². The maximum atomic E-state index is 9.07. The van der Waals surface area contributed by atoms with Crippen molar-refractivity contribution in [3.8, 4) is 0 Å². The van der Waals surface area contributed by atoms with Crippen LogP contribution >= 0.6 is 0 Å². The molecular formula is C13H25N3O. The Labute approximate surface area is 104 Å². The summed E-state index contributed by atoms with van der Waals surface area (Å²) in [6.07, 6.45) is 6.77. The van der Waals surface area contributed by atoms with Gasteiger partial charge in [-0.2, -0.15) is 0 Å². The lowest BCUT2D eigenvalue weighted by molar-refractivity contribution is 0.213. The molecule has 0 bridgehead atoms. The second kappa shape index (κ2) is 6.77. The zero-order chi connectivity index (χ0) is 12.7. The molecule has 98 valence electrons. The number of aliphatic hydroxyl groups excluding tert-OH is 1. The van der Waals surface area contributed by atoms with E-state index in [0.29, 0.717) is 0 Å². The van der Waals surface area contributed by atoms with Gasteiger partial charge in [0.05, 0.1) is 6.54 Å². The van der Waals surface area contributed by atoms with Gasteiger partial charge in [-0.05, 0) is 26.2 Å². The third-order valence-corrected chi connectivity index (χ3v) is 3.38. The van der Waals surface area contributed by atoms with Crippen LogP contribution in [0.2, 0.25) is 0 Å². The number of aryl methyl sites for hydroxylation is 1. The molecule has 0 aliphatic carbocycles. The van der Waals surface area contributed by atoms with Crippen molar-refractivity contribution in [1.29, 1.82) is 0 Å². The Bertz CT molecular complexity index is 324. The molecule has 4 heteroatoms. The molecule has 0 aliphatic rings. The highest BCUT2D eigenvalue weighted by Crippen LogP contribution is 2.14. The van der Waals surface area contributed by atoms with Gasteiger partial charge in [0.15, 0.2) is 0 Å². The first-order valence-corrected chi connectivity index (χ1v) is 6.51. The van der Waals surface area contributed by atoms with Gasteiger partial charge in [-0.3, -0.25) is 0 Å². The van der Waals surface area contributed by atoms with Crippen LogP contribution in [0.1, 0.15) is 45.9 Å². The van der Waals surface area contributed by atoms with Crippen LogP contribution < -0.4 is 5.32 Å². The van der Waals surface area contributed by atoms with E-state index in [9.17, 15) is 0 Å². The Balaban J connectivity index is 2.56. The van der Waals surface area contributed by atoms with Crippen LogP contribution in [0.5, 0.6) is 0 Å². The zero-order valence-corrected chi connectivity index (χ0v) is 11.2. The highest BCUT2D eigenvalue weighted by molar-refractivity contribution is 4.94. The molecule has 1 aromatic rings. The first-order valence-electron chi connectivity index (χ1n) is 6.51. The van der Waals surface area contributed by atoms with Gasteiger partial charge in [0.2, 0.25) is 0 Å². The van der Waals surface area contributed by atoms with Crippen molar-refractivity contribution in [3.63, 3.8) is 0 Å².